The Morgan fingerprint density at radius 1 is 1.00 bits per heavy atom. The first kappa shape index (κ1) is 21.9. The zero-order valence-corrected chi connectivity index (χ0v) is 18.2. The molecule has 1 aromatic rings. The number of benzene rings is 1. The molecule has 2 fully saturated rings. The zero-order chi connectivity index (χ0) is 18.2. The third-order valence-corrected chi connectivity index (χ3v) is 5.19. The lowest BCUT2D eigenvalue weighted by Crippen LogP contribution is -2.44. The van der Waals surface area contributed by atoms with Crippen LogP contribution in [0, 0.1) is 0 Å². The van der Waals surface area contributed by atoms with Crippen molar-refractivity contribution in [3.05, 3.63) is 35.9 Å². The van der Waals surface area contributed by atoms with E-state index in [-0.39, 0.29) is 35.8 Å². The smallest absolute Gasteiger partial charge is 0.232 e. The summed E-state index contributed by atoms with van der Waals surface area (Å²) in [5, 5.41) is 0. The van der Waals surface area contributed by atoms with Gasteiger partial charge in [-0.1, -0.05) is 43.2 Å². The van der Waals surface area contributed by atoms with Gasteiger partial charge in [-0.2, -0.15) is 0 Å². The summed E-state index contributed by atoms with van der Waals surface area (Å²) in [4.78, 5) is 21.8. The number of amides is 1. The Hall–Kier alpha value is -1.35. The van der Waals surface area contributed by atoms with Crippen LogP contribution in [0.2, 0.25) is 0 Å². The number of nitrogens with zero attached hydrogens (tertiary/aromatic N) is 3. The first-order valence-corrected chi connectivity index (χ1v) is 9.72. The van der Waals surface area contributed by atoms with E-state index in [0.717, 1.165) is 31.5 Å². The topological polar surface area (TPSA) is 71.2 Å². The summed E-state index contributed by atoms with van der Waals surface area (Å²) in [5.74, 6) is 0.398. The van der Waals surface area contributed by atoms with Crippen LogP contribution in [0.25, 0.3) is 0 Å². The molecular weight excluding hydrogens is 455 g/mol. The van der Waals surface area contributed by atoms with E-state index < -0.39 is 0 Å². The van der Waals surface area contributed by atoms with Crippen molar-refractivity contribution in [2.24, 2.45) is 10.7 Å². The summed E-state index contributed by atoms with van der Waals surface area (Å²) < 4.78 is 5.38. The molecular formula is C20H31IN4O2. The lowest BCUT2D eigenvalue weighted by Gasteiger charge is -2.30. The van der Waals surface area contributed by atoms with Crippen LogP contribution in [0.4, 0.5) is 0 Å². The van der Waals surface area contributed by atoms with Crippen LogP contribution in [0.3, 0.4) is 0 Å². The molecule has 3 rings (SSSR count). The first-order valence-electron chi connectivity index (χ1n) is 9.72. The fourth-order valence-electron chi connectivity index (χ4n) is 3.60. The minimum atomic E-state index is -0.292. The van der Waals surface area contributed by atoms with Crippen LogP contribution >= 0.6 is 24.0 Å². The minimum Gasteiger partial charge on any atom is -0.378 e. The van der Waals surface area contributed by atoms with Crippen LogP contribution in [0.5, 0.6) is 0 Å². The number of nitrogens with two attached hydrogens (primary N) is 1. The lowest BCUT2D eigenvalue weighted by atomic mass is 9.97. The van der Waals surface area contributed by atoms with E-state index in [1.807, 2.05) is 35.2 Å². The van der Waals surface area contributed by atoms with E-state index in [1.165, 1.54) is 12.8 Å². The van der Waals surface area contributed by atoms with Gasteiger partial charge in [-0.15, -0.1) is 24.0 Å². The molecule has 0 saturated carbocycles. The minimum absolute atomic E-state index is 0. The summed E-state index contributed by atoms with van der Waals surface area (Å²) in [7, 11) is 0. The number of morpholine rings is 1. The van der Waals surface area contributed by atoms with E-state index in [2.05, 4.69) is 9.89 Å². The van der Waals surface area contributed by atoms with Crippen molar-refractivity contribution in [3.8, 4) is 0 Å². The van der Waals surface area contributed by atoms with Crippen molar-refractivity contribution in [1.29, 1.82) is 0 Å². The van der Waals surface area contributed by atoms with Crippen molar-refractivity contribution in [2.45, 2.75) is 31.6 Å². The molecule has 1 aromatic carbocycles. The monoisotopic (exact) mass is 486 g/mol. The molecule has 2 saturated heterocycles. The summed E-state index contributed by atoms with van der Waals surface area (Å²) in [6.07, 6.45) is 4.83. The molecule has 0 aromatic heterocycles. The van der Waals surface area contributed by atoms with Crippen LogP contribution in [0.15, 0.2) is 35.3 Å². The second-order valence-corrected chi connectivity index (χ2v) is 7.00. The van der Waals surface area contributed by atoms with Crippen molar-refractivity contribution >= 4 is 35.8 Å². The van der Waals surface area contributed by atoms with Gasteiger partial charge in [0.2, 0.25) is 5.91 Å². The van der Waals surface area contributed by atoms with E-state index >= 15 is 0 Å². The van der Waals surface area contributed by atoms with E-state index in [1.54, 1.807) is 0 Å². The zero-order valence-electron chi connectivity index (χ0n) is 15.9. The van der Waals surface area contributed by atoms with Gasteiger partial charge >= 0.3 is 0 Å². The summed E-state index contributed by atoms with van der Waals surface area (Å²) in [6.45, 7) is 4.81. The average Bonchev–Trinajstić information content (AvgIpc) is 2.99. The lowest BCUT2D eigenvalue weighted by molar-refractivity contribution is -0.136. The molecule has 2 heterocycles. The predicted octanol–water partition coefficient (Wildman–Crippen LogP) is 2.44. The van der Waals surface area contributed by atoms with Gasteiger partial charge in [0.25, 0.3) is 0 Å². The Morgan fingerprint density at radius 3 is 2.26 bits per heavy atom. The molecule has 1 unspecified atom stereocenters. The first-order chi connectivity index (χ1) is 12.8. The van der Waals surface area contributed by atoms with Crippen LogP contribution < -0.4 is 5.73 Å². The van der Waals surface area contributed by atoms with Crippen molar-refractivity contribution in [1.82, 2.24) is 9.80 Å². The Morgan fingerprint density at radius 2 is 1.63 bits per heavy atom. The maximum absolute atomic E-state index is 13.1. The highest BCUT2D eigenvalue weighted by atomic mass is 127. The van der Waals surface area contributed by atoms with Gasteiger partial charge in [-0.3, -0.25) is 9.79 Å². The molecule has 6 nitrogen and oxygen atoms in total. The number of carbonyl (C=O) groups excluding carboxylic acids is 1. The Labute approximate surface area is 179 Å². The molecule has 1 amide bonds. The van der Waals surface area contributed by atoms with Crippen LogP contribution in [-0.2, 0) is 9.53 Å². The number of halogens is 1. The van der Waals surface area contributed by atoms with Gasteiger partial charge in [-0.25, -0.2) is 0 Å². The Bertz CT molecular complexity index is 597. The molecule has 0 radical (unpaired) electrons. The normalized spacial score (nSPS) is 19.8. The largest absolute Gasteiger partial charge is 0.378 e. The maximum Gasteiger partial charge on any atom is 0.232 e. The molecule has 0 spiro atoms. The fourth-order valence-corrected chi connectivity index (χ4v) is 3.60. The average molecular weight is 486 g/mol. The van der Waals surface area contributed by atoms with E-state index in [4.69, 9.17) is 10.5 Å². The number of ether oxygens (including phenoxy) is 1. The molecule has 7 heteroatoms. The summed E-state index contributed by atoms with van der Waals surface area (Å²) in [6, 6.07) is 9.91. The standard InChI is InChI=1S/C20H30N4O2.HI/c21-20(24-10-6-1-2-7-11-24)22-16-18(17-8-4-3-5-9-17)19(25)23-12-14-26-15-13-23;/h3-5,8-9,18H,1-2,6-7,10-16H2,(H2,21,22);1H. The molecule has 2 aliphatic rings. The highest BCUT2D eigenvalue weighted by Crippen LogP contribution is 2.20. The molecule has 27 heavy (non-hydrogen) atoms. The van der Waals surface area contributed by atoms with E-state index in [9.17, 15) is 4.79 Å². The highest BCUT2D eigenvalue weighted by Gasteiger charge is 2.27. The molecule has 0 aliphatic carbocycles. The predicted molar refractivity (Wildman–Crippen MR) is 119 cm³/mol. The number of rotatable bonds is 4. The van der Waals surface area contributed by atoms with Crippen molar-refractivity contribution in [2.75, 3.05) is 45.9 Å². The summed E-state index contributed by atoms with van der Waals surface area (Å²) in [5.41, 5.74) is 7.25. The van der Waals surface area contributed by atoms with Gasteiger partial charge in [0.15, 0.2) is 5.96 Å². The number of carbonyl (C=O) groups is 1. The maximum atomic E-state index is 13.1. The fraction of sp³-hybridized carbons (Fsp3) is 0.600. The van der Waals surface area contributed by atoms with Crippen LogP contribution in [0.1, 0.15) is 37.2 Å². The molecule has 2 N–H and O–H groups in total. The number of likely N-dealkylation sites (tertiary alicyclic amines) is 1. The molecule has 1 atom stereocenters. The van der Waals surface area contributed by atoms with Crippen LogP contribution in [-0.4, -0.2) is 67.6 Å². The van der Waals surface area contributed by atoms with Gasteiger partial charge in [-0.05, 0) is 18.4 Å². The molecule has 150 valence electrons. The SMILES string of the molecule is I.NC(=NCC(C(=O)N1CCOCC1)c1ccccc1)N1CCCCCC1. The quantitative estimate of drug-likeness (QED) is 0.403. The number of hydrogen-bond donors (Lipinski definition) is 1. The number of aliphatic imine (C=N–C) groups is 1. The third kappa shape index (κ3) is 6.34. The molecule has 2 aliphatic heterocycles. The second kappa shape index (κ2) is 11.5. The number of guanidine groups is 1. The van der Waals surface area contributed by atoms with Crippen molar-refractivity contribution in [3.63, 3.8) is 0 Å². The summed E-state index contributed by atoms with van der Waals surface area (Å²) >= 11 is 0. The highest BCUT2D eigenvalue weighted by molar-refractivity contribution is 14.0. The van der Waals surface area contributed by atoms with Gasteiger partial charge in [0.1, 0.15) is 0 Å². The van der Waals surface area contributed by atoms with Gasteiger partial charge in [0, 0.05) is 26.2 Å². The van der Waals surface area contributed by atoms with E-state index in [0.29, 0.717) is 38.8 Å². The Balaban J connectivity index is 0.00000261. The van der Waals surface area contributed by atoms with Crippen molar-refractivity contribution < 1.29 is 9.53 Å². The van der Waals surface area contributed by atoms with Gasteiger partial charge in [0.05, 0.1) is 25.7 Å². The Kier molecular flexibility index (Phi) is 9.33. The second-order valence-electron chi connectivity index (χ2n) is 7.00. The van der Waals surface area contributed by atoms with Gasteiger partial charge < -0.3 is 20.3 Å². The molecule has 0 bridgehead atoms. The third-order valence-electron chi connectivity index (χ3n) is 5.19. The number of hydrogen-bond acceptors (Lipinski definition) is 3.